The van der Waals surface area contributed by atoms with E-state index in [9.17, 15) is 19.5 Å². The molecule has 0 saturated heterocycles. The standard InChI is InChI=1S/C26H23BrN2O5/c1-2-22(24(30)28-23-13-15(25(31)32)11-12-21(23)27)29-26(33)34-14-20-18-9-5-3-7-16(18)17-8-4-6-10-19(17)20/h3-13,20,22H,2,14H2,1H3,(H,28,30)(H,29,33)(H,31,32)/t22-/m1/s1. The summed E-state index contributed by atoms with van der Waals surface area (Å²) in [6, 6.07) is 19.6. The summed E-state index contributed by atoms with van der Waals surface area (Å²) in [5.74, 6) is -1.66. The van der Waals surface area contributed by atoms with Gasteiger partial charge in [0.2, 0.25) is 5.91 Å². The molecule has 2 amide bonds. The number of alkyl carbamates (subject to hydrolysis) is 1. The van der Waals surface area contributed by atoms with Crippen LogP contribution in [0.25, 0.3) is 11.1 Å². The number of benzene rings is 3. The third kappa shape index (κ3) is 4.82. The summed E-state index contributed by atoms with van der Waals surface area (Å²) in [5, 5.41) is 14.5. The van der Waals surface area contributed by atoms with Crippen LogP contribution in [-0.4, -0.2) is 35.7 Å². The number of fused-ring (bicyclic) bond motifs is 3. The molecule has 4 rings (SSSR count). The van der Waals surface area contributed by atoms with Crippen molar-refractivity contribution < 1.29 is 24.2 Å². The van der Waals surface area contributed by atoms with Crippen molar-refractivity contribution in [3.8, 4) is 11.1 Å². The van der Waals surface area contributed by atoms with E-state index in [0.29, 0.717) is 16.6 Å². The third-order valence-electron chi connectivity index (χ3n) is 5.83. The lowest BCUT2D eigenvalue weighted by Gasteiger charge is -2.19. The van der Waals surface area contributed by atoms with Crippen LogP contribution in [-0.2, 0) is 9.53 Å². The van der Waals surface area contributed by atoms with Crippen LogP contribution < -0.4 is 10.6 Å². The highest BCUT2D eigenvalue weighted by molar-refractivity contribution is 9.10. The first-order valence-corrected chi connectivity index (χ1v) is 11.6. The second-order valence-corrected chi connectivity index (χ2v) is 8.77. The minimum absolute atomic E-state index is 0.0380. The van der Waals surface area contributed by atoms with Crippen LogP contribution in [0.2, 0.25) is 0 Å². The Bertz CT molecular complexity index is 1210. The van der Waals surface area contributed by atoms with Gasteiger partial charge < -0.3 is 20.5 Å². The van der Waals surface area contributed by atoms with Crippen molar-refractivity contribution in [2.45, 2.75) is 25.3 Å². The van der Waals surface area contributed by atoms with Crippen molar-refractivity contribution in [2.24, 2.45) is 0 Å². The predicted octanol–water partition coefficient (Wildman–Crippen LogP) is 5.40. The van der Waals surface area contributed by atoms with E-state index in [2.05, 4.69) is 38.7 Å². The van der Waals surface area contributed by atoms with Crippen LogP contribution in [0.1, 0.15) is 40.7 Å². The minimum atomic E-state index is -1.10. The second kappa shape index (κ2) is 10.1. The first kappa shape index (κ1) is 23.5. The molecule has 174 valence electrons. The molecule has 0 aliphatic heterocycles. The summed E-state index contributed by atoms with van der Waals surface area (Å²) in [6.07, 6.45) is -0.367. The number of anilines is 1. The van der Waals surface area contributed by atoms with Gasteiger partial charge in [-0.15, -0.1) is 0 Å². The predicted molar refractivity (Wildman–Crippen MR) is 132 cm³/mol. The molecular formula is C26H23BrN2O5. The highest BCUT2D eigenvalue weighted by Crippen LogP contribution is 2.44. The highest BCUT2D eigenvalue weighted by Gasteiger charge is 2.29. The smallest absolute Gasteiger partial charge is 0.407 e. The van der Waals surface area contributed by atoms with Crippen molar-refractivity contribution in [1.82, 2.24) is 5.32 Å². The topological polar surface area (TPSA) is 105 Å². The molecule has 0 saturated carbocycles. The number of carboxylic acids is 1. The lowest BCUT2D eigenvalue weighted by molar-refractivity contribution is -0.118. The molecule has 0 radical (unpaired) electrons. The van der Waals surface area contributed by atoms with E-state index in [-0.39, 0.29) is 18.1 Å². The Balaban J connectivity index is 1.40. The van der Waals surface area contributed by atoms with E-state index < -0.39 is 24.0 Å². The summed E-state index contributed by atoms with van der Waals surface area (Å²) in [5.41, 5.74) is 4.81. The molecule has 0 spiro atoms. The van der Waals surface area contributed by atoms with Crippen LogP contribution in [0.15, 0.2) is 71.2 Å². The number of carbonyl (C=O) groups is 3. The number of nitrogens with one attached hydrogen (secondary N) is 2. The van der Waals surface area contributed by atoms with Crippen LogP contribution in [0, 0.1) is 0 Å². The Kier molecular flexibility index (Phi) is 6.98. The van der Waals surface area contributed by atoms with Gasteiger partial charge >= 0.3 is 12.1 Å². The van der Waals surface area contributed by atoms with E-state index >= 15 is 0 Å². The van der Waals surface area contributed by atoms with Crippen LogP contribution in [0.4, 0.5) is 10.5 Å². The number of hydrogen-bond acceptors (Lipinski definition) is 4. The maximum absolute atomic E-state index is 12.8. The van der Waals surface area contributed by atoms with Crippen molar-refractivity contribution >= 4 is 39.6 Å². The Morgan fingerprint density at radius 2 is 1.62 bits per heavy atom. The molecule has 3 N–H and O–H groups in total. The fourth-order valence-electron chi connectivity index (χ4n) is 4.11. The number of rotatable bonds is 7. The quantitative estimate of drug-likeness (QED) is 0.385. The van der Waals surface area contributed by atoms with Gasteiger partial charge in [-0.2, -0.15) is 0 Å². The Labute approximate surface area is 205 Å². The zero-order valence-electron chi connectivity index (χ0n) is 18.4. The Hall–Kier alpha value is -3.65. The van der Waals surface area contributed by atoms with Crippen molar-refractivity contribution in [3.63, 3.8) is 0 Å². The fourth-order valence-corrected chi connectivity index (χ4v) is 4.46. The molecule has 3 aromatic carbocycles. The molecule has 1 atom stereocenters. The second-order valence-electron chi connectivity index (χ2n) is 7.92. The largest absolute Gasteiger partial charge is 0.478 e. The molecule has 0 bridgehead atoms. The molecule has 0 unspecified atom stereocenters. The molecular weight excluding hydrogens is 500 g/mol. The van der Waals surface area contributed by atoms with Crippen molar-refractivity contribution in [2.75, 3.05) is 11.9 Å². The molecule has 0 fully saturated rings. The molecule has 1 aliphatic carbocycles. The summed E-state index contributed by atoms with van der Waals surface area (Å²) in [4.78, 5) is 36.5. The van der Waals surface area contributed by atoms with Crippen molar-refractivity contribution in [3.05, 3.63) is 87.9 Å². The first-order valence-electron chi connectivity index (χ1n) is 10.8. The fraction of sp³-hybridized carbons (Fsp3) is 0.192. The van der Waals surface area contributed by atoms with Gasteiger partial charge in [0.1, 0.15) is 12.6 Å². The van der Waals surface area contributed by atoms with Crippen LogP contribution in [0.3, 0.4) is 0 Å². The molecule has 0 heterocycles. The maximum Gasteiger partial charge on any atom is 0.407 e. The summed E-state index contributed by atoms with van der Waals surface area (Å²) < 4.78 is 6.06. The third-order valence-corrected chi connectivity index (χ3v) is 6.52. The summed E-state index contributed by atoms with van der Waals surface area (Å²) in [7, 11) is 0. The zero-order valence-corrected chi connectivity index (χ0v) is 20.0. The molecule has 3 aromatic rings. The maximum atomic E-state index is 12.8. The number of amides is 2. The van der Waals surface area contributed by atoms with Crippen LogP contribution >= 0.6 is 15.9 Å². The van der Waals surface area contributed by atoms with Gasteiger partial charge in [-0.25, -0.2) is 9.59 Å². The average Bonchev–Trinajstić information content (AvgIpc) is 3.16. The van der Waals surface area contributed by atoms with Gasteiger partial charge in [-0.1, -0.05) is 55.5 Å². The molecule has 34 heavy (non-hydrogen) atoms. The lowest BCUT2D eigenvalue weighted by Crippen LogP contribution is -2.43. The van der Waals surface area contributed by atoms with E-state index in [0.717, 1.165) is 22.3 Å². The van der Waals surface area contributed by atoms with E-state index in [1.54, 1.807) is 13.0 Å². The number of hydrogen-bond donors (Lipinski definition) is 3. The molecule has 1 aliphatic rings. The van der Waals surface area contributed by atoms with Gasteiger partial charge in [-0.05, 0) is 62.8 Å². The van der Waals surface area contributed by atoms with E-state index in [1.807, 2.05) is 36.4 Å². The molecule has 0 aromatic heterocycles. The van der Waals surface area contributed by atoms with Gasteiger partial charge in [0.15, 0.2) is 0 Å². The van der Waals surface area contributed by atoms with Gasteiger partial charge in [0, 0.05) is 10.4 Å². The normalized spacial score (nSPS) is 12.9. The molecule has 7 nitrogen and oxygen atoms in total. The highest BCUT2D eigenvalue weighted by atomic mass is 79.9. The van der Waals surface area contributed by atoms with Crippen molar-refractivity contribution in [1.29, 1.82) is 0 Å². The number of halogens is 1. The summed E-state index contributed by atoms with van der Waals surface area (Å²) >= 11 is 3.30. The average molecular weight is 523 g/mol. The summed E-state index contributed by atoms with van der Waals surface area (Å²) in [6.45, 7) is 1.90. The minimum Gasteiger partial charge on any atom is -0.478 e. The van der Waals surface area contributed by atoms with Gasteiger partial charge in [-0.3, -0.25) is 4.79 Å². The lowest BCUT2D eigenvalue weighted by atomic mass is 9.98. The van der Waals surface area contributed by atoms with E-state index in [1.165, 1.54) is 12.1 Å². The Morgan fingerprint density at radius 1 is 1.00 bits per heavy atom. The number of carboxylic acid groups (broad SMARTS) is 1. The van der Waals surface area contributed by atoms with Gasteiger partial charge in [0.05, 0.1) is 11.3 Å². The SMILES string of the molecule is CC[C@@H](NC(=O)OCC1c2ccccc2-c2ccccc21)C(=O)Nc1cc(C(=O)O)ccc1Br. The molecule has 8 heteroatoms. The van der Waals surface area contributed by atoms with Gasteiger partial charge in [0.25, 0.3) is 0 Å². The Morgan fingerprint density at radius 3 is 2.21 bits per heavy atom. The number of aromatic carboxylic acids is 1. The van der Waals surface area contributed by atoms with E-state index in [4.69, 9.17) is 4.74 Å². The number of ether oxygens (including phenoxy) is 1. The monoisotopic (exact) mass is 522 g/mol. The zero-order chi connectivity index (χ0) is 24.2. The van der Waals surface area contributed by atoms with Crippen LogP contribution in [0.5, 0.6) is 0 Å². The first-order chi connectivity index (χ1) is 16.4. The number of carbonyl (C=O) groups excluding carboxylic acids is 2.